The molecule has 0 saturated carbocycles. The van der Waals surface area contributed by atoms with Gasteiger partial charge in [-0.1, -0.05) is 223 Å². The molecule has 0 rings (SSSR count). The van der Waals surface area contributed by atoms with Gasteiger partial charge in [0.2, 0.25) is 5.91 Å². The fourth-order valence-corrected chi connectivity index (χ4v) is 8.20. The van der Waals surface area contributed by atoms with Crippen molar-refractivity contribution in [3.8, 4) is 0 Å². The van der Waals surface area contributed by atoms with Crippen LogP contribution in [-0.2, 0) is 14.3 Å². The fraction of sp³-hybridized carbons (Fsp3) is 0.825. The largest absolute Gasteiger partial charge is 0.462 e. The first-order valence-electron chi connectivity index (χ1n) is 27.4. The molecule has 6 nitrogen and oxygen atoms in total. The monoisotopic (exact) mass is 884 g/mol. The Morgan fingerprint density at radius 1 is 0.460 bits per heavy atom. The molecular formula is C57H105NO5. The zero-order chi connectivity index (χ0) is 45.9. The third-order valence-electron chi connectivity index (χ3n) is 12.4. The Morgan fingerprint density at radius 3 is 1.27 bits per heavy atom. The summed E-state index contributed by atoms with van der Waals surface area (Å²) in [6.07, 6.45) is 61.7. The van der Waals surface area contributed by atoms with Gasteiger partial charge < -0.3 is 20.3 Å². The molecule has 0 aromatic carbocycles. The Kier molecular flexibility index (Phi) is 49.1. The predicted octanol–water partition coefficient (Wildman–Crippen LogP) is 16.6. The molecule has 3 unspecified atom stereocenters. The summed E-state index contributed by atoms with van der Waals surface area (Å²) in [4.78, 5) is 26.2. The van der Waals surface area contributed by atoms with E-state index in [1.807, 2.05) is 0 Å². The second kappa shape index (κ2) is 50.8. The summed E-state index contributed by atoms with van der Waals surface area (Å²) in [6.45, 7) is 6.45. The van der Waals surface area contributed by atoms with Gasteiger partial charge >= 0.3 is 5.97 Å². The highest BCUT2D eigenvalue weighted by Gasteiger charge is 2.24. The number of esters is 1. The third kappa shape index (κ3) is 46.2. The first kappa shape index (κ1) is 60.8. The van der Waals surface area contributed by atoms with Crippen molar-refractivity contribution >= 4 is 11.9 Å². The smallest absolute Gasteiger partial charge is 0.306 e. The van der Waals surface area contributed by atoms with E-state index in [1.54, 1.807) is 0 Å². The van der Waals surface area contributed by atoms with Gasteiger partial charge in [0.1, 0.15) is 6.10 Å². The normalized spacial score (nSPS) is 13.5. The molecule has 0 saturated heterocycles. The lowest BCUT2D eigenvalue weighted by Crippen LogP contribution is -2.46. The van der Waals surface area contributed by atoms with Gasteiger partial charge in [-0.3, -0.25) is 9.59 Å². The van der Waals surface area contributed by atoms with Crippen molar-refractivity contribution < 1.29 is 24.5 Å². The van der Waals surface area contributed by atoms with Gasteiger partial charge in [-0.25, -0.2) is 0 Å². The highest BCUT2D eigenvalue weighted by molar-refractivity contribution is 5.77. The number of nitrogens with one attached hydrogen (secondary N) is 1. The molecule has 6 heteroatoms. The predicted molar refractivity (Wildman–Crippen MR) is 273 cm³/mol. The van der Waals surface area contributed by atoms with Crippen molar-refractivity contribution in [2.24, 2.45) is 0 Å². The van der Waals surface area contributed by atoms with Gasteiger partial charge in [0.25, 0.3) is 0 Å². The molecular weight excluding hydrogens is 779 g/mol. The van der Waals surface area contributed by atoms with E-state index in [0.29, 0.717) is 19.3 Å². The van der Waals surface area contributed by atoms with Crippen molar-refractivity contribution in [3.05, 3.63) is 48.6 Å². The number of amides is 1. The second-order valence-electron chi connectivity index (χ2n) is 18.6. The second-order valence-corrected chi connectivity index (χ2v) is 18.6. The summed E-state index contributed by atoms with van der Waals surface area (Å²) in [5.41, 5.74) is 0. The van der Waals surface area contributed by atoms with Crippen LogP contribution in [-0.4, -0.2) is 46.9 Å². The van der Waals surface area contributed by atoms with Gasteiger partial charge in [0.15, 0.2) is 0 Å². The lowest BCUT2D eigenvalue weighted by molar-refractivity contribution is -0.151. The molecule has 0 radical (unpaired) electrons. The number of carbonyl (C=O) groups is 2. The average molecular weight is 884 g/mol. The van der Waals surface area contributed by atoms with E-state index in [2.05, 4.69) is 74.7 Å². The maximum Gasteiger partial charge on any atom is 0.306 e. The summed E-state index contributed by atoms with van der Waals surface area (Å²) in [5.74, 6) is -0.507. The van der Waals surface area contributed by atoms with Gasteiger partial charge in [0, 0.05) is 6.42 Å². The van der Waals surface area contributed by atoms with E-state index in [1.165, 1.54) is 135 Å². The number of carbonyl (C=O) groups excluding carboxylic acids is 2. The third-order valence-corrected chi connectivity index (χ3v) is 12.4. The van der Waals surface area contributed by atoms with Crippen molar-refractivity contribution in [2.75, 3.05) is 6.61 Å². The molecule has 0 spiro atoms. The van der Waals surface area contributed by atoms with Crippen molar-refractivity contribution in [1.82, 2.24) is 5.32 Å². The highest BCUT2D eigenvalue weighted by Crippen LogP contribution is 2.18. The number of rotatable bonds is 49. The SMILES string of the molecule is CCCCC/C=C\C/C=C\C/C=C\CCCCCCC(CC(=O)NC(CO)C(O)CCCCCCCCCCCCCCCC)OC(=O)CCCCC/C=C\CCCCCCCC. The first-order chi connectivity index (χ1) is 31.0. The highest BCUT2D eigenvalue weighted by atomic mass is 16.5. The molecule has 3 atom stereocenters. The van der Waals surface area contributed by atoms with Crippen LogP contribution in [0.15, 0.2) is 48.6 Å². The van der Waals surface area contributed by atoms with Crippen LogP contribution in [0.2, 0.25) is 0 Å². The standard InChI is InChI=1S/C57H105NO5/c1-4-7-10-13-16-19-22-25-27-28-29-31-33-36-39-42-45-48-53(63-57(62)50-47-44-41-38-35-30-24-21-18-15-12-9-6-3)51-56(61)58-54(52-59)55(60)49-46-43-40-37-34-32-26-23-20-17-14-11-8-5-2/h16,19,25,27,29-31,35,53-55,59-60H,4-15,17-18,20-24,26,28,32-34,36-52H2,1-3H3,(H,58,61)/b19-16-,27-25-,31-29-,35-30-. The minimum atomic E-state index is -0.796. The number of allylic oxidation sites excluding steroid dienone is 8. The average Bonchev–Trinajstić information content (AvgIpc) is 3.28. The number of ether oxygens (including phenoxy) is 1. The van der Waals surface area contributed by atoms with Crippen LogP contribution in [0.25, 0.3) is 0 Å². The van der Waals surface area contributed by atoms with Gasteiger partial charge in [-0.15, -0.1) is 0 Å². The zero-order valence-corrected chi connectivity index (χ0v) is 42.0. The topological polar surface area (TPSA) is 95.9 Å². The van der Waals surface area contributed by atoms with E-state index < -0.39 is 18.2 Å². The van der Waals surface area contributed by atoms with Crippen LogP contribution >= 0.6 is 0 Å². The van der Waals surface area contributed by atoms with Crippen LogP contribution in [0.3, 0.4) is 0 Å². The Labute approximate surface area is 391 Å². The van der Waals surface area contributed by atoms with Crippen LogP contribution < -0.4 is 5.32 Å². The Morgan fingerprint density at radius 2 is 0.810 bits per heavy atom. The maximum atomic E-state index is 13.2. The van der Waals surface area contributed by atoms with Crippen LogP contribution in [0.5, 0.6) is 0 Å². The zero-order valence-electron chi connectivity index (χ0n) is 42.0. The van der Waals surface area contributed by atoms with Crippen LogP contribution in [0.4, 0.5) is 0 Å². The molecule has 1 amide bonds. The Hall–Kier alpha value is -2.18. The van der Waals surface area contributed by atoms with Crippen molar-refractivity contribution in [2.45, 2.75) is 296 Å². The Balaban J connectivity index is 4.63. The molecule has 0 aliphatic rings. The summed E-state index contributed by atoms with van der Waals surface area (Å²) < 4.78 is 5.93. The number of aliphatic hydroxyl groups excluding tert-OH is 2. The summed E-state index contributed by atoms with van der Waals surface area (Å²) in [6, 6.07) is -0.712. The van der Waals surface area contributed by atoms with Gasteiger partial charge in [-0.2, -0.15) is 0 Å². The maximum absolute atomic E-state index is 13.2. The summed E-state index contributed by atoms with van der Waals surface area (Å²) >= 11 is 0. The molecule has 0 bridgehead atoms. The minimum absolute atomic E-state index is 0.0577. The first-order valence-corrected chi connectivity index (χ1v) is 27.4. The number of aliphatic hydroxyl groups is 2. The fourth-order valence-electron chi connectivity index (χ4n) is 8.20. The van der Waals surface area contributed by atoms with Gasteiger partial charge in [0.05, 0.1) is 25.2 Å². The molecule has 0 aromatic rings. The van der Waals surface area contributed by atoms with Crippen LogP contribution in [0.1, 0.15) is 278 Å². The number of hydrogen-bond donors (Lipinski definition) is 3. The van der Waals surface area contributed by atoms with Gasteiger partial charge in [-0.05, 0) is 89.9 Å². The molecule has 368 valence electrons. The molecule has 0 aliphatic heterocycles. The minimum Gasteiger partial charge on any atom is -0.462 e. The van der Waals surface area contributed by atoms with E-state index in [0.717, 1.165) is 96.3 Å². The summed E-state index contributed by atoms with van der Waals surface area (Å²) in [7, 11) is 0. The van der Waals surface area contributed by atoms with E-state index in [4.69, 9.17) is 4.74 Å². The molecule has 0 heterocycles. The van der Waals surface area contributed by atoms with E-state index >= 15 is 0 Å². The quantitative estimate of drug-likeness (QED) is 0.0321. The van der Waals surface area contributed by atoms with E-state index in [9.17, 15) is 19.8 Å². The molecule has 3 N–H and O–H groups in total. The lowest BCUT2D eigenvalue weighted by Gasteiger charge is -2.24. The van der Waals surface area contributed by atoms with Crippen LogP contribution in [0, 0.1) is 0 Å². The molecule has 63 heavy (non-hydrogen) atoms. The molecule has 0 aliphatic carbocycles. The number of hydrogen-bond acceptors (Lipinski definition) is 5. The Bertz CT molecular complexity index is 1080. The van der Waals surface area contributed by atoms with E-state index in [-0.39, 0.29) is 24.9 Å². The van der Waals surface area contributed by atoms with Crippen molar-refractivity contribution in [3.63, 3.8) is 0 Å². The van der Waals surface area contributed by atoms with Crippen molar-refractivity contribution in [1.29, 1.82) is 0 Å². The lowest BCUT2D eigenvalue weighted by atomic mass is 10.0. The summed E-state index contributed by atoms with van der Waals surface area (Å²) in [5, 5.41) is 23.8. The number of unbranched alkanes of at least 4 members (excludes halogenated alkanes) is 29. The molecule has 0 aromatic heterocycles. The molecule has 0 fully saturated rings.